The van der Waals surface area contributed by atoms with Crippen LogP contribution in [0.25, 0.3) is 0 Å². The topological polar surface area (TPSA) is 116 Å². The van der Waals surface area contributed by atoms with E-state index in [1.165, 1.54) is 37.4 Å². The quantitative estimate of drug-likeness (QED) is 0.503. The minimum Gasteiger partial charge on any atom is -0.478 e. The van der Waals surface area contributed by atoms with Crippen LogP contribution in [0.15, 0.2) is 52.5 Å². The van der Waals surface area contributed by atoms with Crippen LogP contribution in [0.3, 0.4) is 0 Å². The van der Waals surface area contributed by atoms with E-state index in [9.17, 15) is 18.0 Å². The smallest absolute Gasteiger partial charge is 0.336 e. The lowest BCUT2D eigenvalue weighted by Gasteiger charge is -2.17. The van der Waals surface area contributed by atoms with E-state index in [2.05, 4.69) is 10.5 Å². The molecule has 2 aromatic rings. The number of halogens is 2. The largest absolute Gasteiger partial charge is 0.478 e. The molecule has 0 aliphatic heterocycles. The molecule has 0 saturated carbocycles. The average molecular weight is 444 g/mol. The van der Waals surface area contributed by atoms with Crippen LogP contribution in [-0.2, 0) is 14.8 Å². The molecule has 2 rings (SSSR count). The van der Waals surface area contributed by atoms with Crippen molar-refractivity contribution in [3.05, 3.63) is 63.6 Å². The molecule has 1 amide bonds. The molecular weight excluding hydrogens is 429 g/mol. The number of nitrogens with zero attached hydrogens (tertiary/aromatic N) is 2. The van der Waals surface area contributed by atoms with E-state index >= 15 is 0 Å². The number of likely N-dealkylation sites (N-methyl/N-ethyl adjacent to an activating group) is 1. The third-order valence-electron chi connectivity index (χ3n) is 3.53. The van der Waals surface area contributed by atoms with Gasteiger partial charge in [-0.15, -0.1) is 0 Å². The Hall–Kier alpha value is -2.46. The summed E-state index contributed by atoms with van der Waals surface area (Å²) in [4.78, 5) is 22.9. The van der Waals surface area contributed by atoms with Crippen molar-refractivity contribution in [1.82, 2.24) is 9.73 Å². The van der Waals surface area contributed by atoms with E-state index in [1.54, 1.807) is 12.1 Å². The van der Waals surface area contributed by atoms with Crippen molar-refractivity contribution in [3.63, 3.8) is 0 Å². The van der Waals surface area contributed by atoms with E-state index in [-0.39, 0.29) is 26.1 Å². The van der Waals surface area contributed by atoms with E-state index in [1.807, 2.05) is 0 Å². The monoisotopic (exact) mass is 443 g/mol. The molecule has 0 fully saturated rings. The molecule has 0 heterocycles. The zero-order chi connectivity index (χ0) is 20.9. The highest BCUT2D eigenvalue weighted by atomic mass is 35.5. The van der Waals surface area contributed by atoms with Crippen LogP contribution in [0, 0.1) is 0 Å². The third-order valence-corrected chi connectivity index (χ3v) is 6.05. The summed E-state index contributed by atoms with van der Waals surface area (Å²) in [5.41, 5.74) is 2.44. The minimum absolute atomic E-state index is 0.00999. The maximum Gasteiger partial charge on any atom is 0.336 e. The van der Waals surface area contributed by atoms with E-state index < -0.39 is 28.4 Å². The SMILES string of the molecule is CN(CC(=O)N/N=C\c1ccccc1C(=O)O)S(=O)(=O)c1cc(Cl)ccc1Cl. The second-order valence-corrected chi connectivity index (χ2v) is 8.38. The van der Waals surface area contributed by atoms with E-state index in [0.29, 0.717) is 0 Å². The van der Waals surface area contributed by atoms with Crippen molar-refractivity contribution in [2.24, 2.45) is 5.10 Å². The van der Waals surface area contributed by atoms with Gasteiger partial charge in [0.1, 0.15) is 4.90 Å². The number of hydrogen-bond donors (Lipinski definition) is 2. The predicted molar refractivity (Wildman–Crippen MR) is 105 cm³/mol. The summed E-state index contributed by atoms with van der Waals surface area (Å²) < 4.78 is 25.9. The standard InChI is InChI=1S/C17H15Cl2N3O5S/c1-22(28(26,27)15-8-12(18)6-7-14(15)19)10-16(23)21-20-9-11-4-2-3-5-13(11)17(24)25/h2-9H,10H2,1H3,(H,21,23)(H,24,25)/b20-9-. The number of sulfonamides is 1. The molecule has 148 valence electrons. The molecule has 0 saturated heterocycles. The summed E-state index contributed by atoms with van der Waals surface area (Å²) in [7, 11) is -2.85. The molecule has 0 aliphatic rings. The number of benzene rings is 2. The van der Waals surface area contributed by atoms with Gasteiger partial charge in [-0.05, 0) is 24.3 Å². The van der Waals surface area contributed by atoms with Crippen LogP contribution in [0.1, 0.15) is 15.9 Å². The van der Waals surface area contributed by atoms with Gasteiger partial charge in [-0.3, -0.25) is 4.79 Å². The van der Waals surface area contributed by atoms with Crippen molar-refractivity contribution in [1.29, 1.82) is 0 Å². The molecule has 0 aromatic heterocycles. The molecule has 28 heavy (non-hydrogen) atoms. The first-order valence-corrected chi connectivity index (χ1v) is 9.88. The zero-order valence-corrected chi connectivity index (χ0v) is 16.8. The van der Waals surface area contributed by atoms with Crippen LogP contribution in [0.2, 0.25) is 10.0 Å². The third kappa shape index (κ3) is 5.29. The van der Waals surface area contributed by atoms with Gasteiger partial charge < -0.3 is 5.11 Å². The number of aromatic carboxylic acids is 1. The van der Waals surface area contributed by atoms with Crippen molar-refractivity contribution >= 4 is 51.3 Å². The van der Waals surface area contributed by atoms with Gasteiger partial charge in [0.15, 0.2) is 0 Å². The van der Waals surface area contributed by atoms with Gasteiger partial charge in [0.05, 0.1) is 23.3 Å². The van der Waals surface area contributed by atoms with Crippen molar-refractivity contribution < 1.29 is 23.1 Å². The molecule has 2 aromatic carbocycles. The lowest BCUT2D eigenvalue weighted by molar-refractivity contribution is -0.121. The molecule has 0 spiro atoms. The van der Waals surface area contributed by atoms with Crippen LogP contribution in [0.5, 0.6) is 0 Å². The first kappa shape index (κ1) is 21.8. The number of hydrazone groups is 1. The maximum atomic E-state index is 12.6. The normalized spacial score (nSPS) is 11.7. The summed E-state index contributed by atoms with van der Waals surface area (Å²) in [6.07, 6.45) is 1.16. The molecule has 8 nitrogen and oxygen atoms in total. The van der Waals surface area contributed by atoms with Crippen molar-refractivity contribution in [3.8, 4) is 0 Å². The number of amides is 1. The first-order chi connectivity index (χ1) is 13.1. The predicted octanol–water partition coefficient (Wildman–Crippen LogP) is 2.46. The Kier molecular flexibility index (Phi) is 7.14. The number of carboxylic acids is 1. The van der Waals surface area contributed by atoms with Gasteiger partial charge in [-0.2, -0.15) is 9.41 Å². The highest BCUT2D eigenvalue weighted by Crippen LogP contribution is 2.27. The van der Waals surface area contributed by atoms with E-state index in [0.717, 1.165) is 10.5 Å². The number of hydrogen-bond acceptors (Lipinski definition) is 5. The average Bonchev–Trinajstić information content (AvgIpc) is 2.63. The van der Waals surface area contributed by atoms with Crippen LogP contribution in [-0.4, -0.2) is 49.5 Å². The fraction of sp³-hybridized carbons (Fsp3) is 0.118. The van der Waals surface area contributed by atoms with Gasteiger partial charge >= 0.3 is 5.97 Å². The Balaban J connectivity index is 2.07. The van der Waals surface area contributed by atoms with Crippen molar-refractivity contribution in [2.75, 3.05) is 13.6 Å². The van der Waals surface area contributed by atoms with Gasteiger partial charge in [0, 0.05) is 17.6 Å². The maximum absolute atomic E-state index is 12.6. The minimum atomic E-state index is -4.06. The molecule has 2 N–H and O–H groups in total. The molecule has 0 bridgehead atoms. The number of carbonyl (C=O) groups is 2. The summed E-state index contributed by atoms with van der Waals surface area (Å²) in [5, 5.41) is 12.9. The second-order valence-electron chi connectivity index (χ2n) is 5.52. The van der Waals surface area contributed by atoms with Gasteiger partial charge in [-0.25, -0.2) is 18.6 Å². The fourth-order valence-electron chi connectivity index (χ4n) is 2.14. The summed E-state index contributed by atoms with van der Waals surface area (Å²) in [5.74, 6) is -1.87. The second kappa shape index (κ2) is 9.16. The van der Waals surface area contributed by atoms with Gasteiger partial charge in [0.25, 0.3) is 5.91 Å². The molecule has 0 unspecified atom stereocenters. The number of nitrogens with one attached hydrogen (secondary N) is 1. The number of carboxylic acid groups (broad SMARTS) is 1. The summed E-state index contributed by atoms with van der Waals surface area (Å²) in [6.45, 7) is -0.539. The highest BCUT2D eigenvalue weighted by Gasteiger charge is 2.25. The molecule has 0 radical (unpaired) electrons. The zero-order valence-electron chi connectivity index (χ0n) is 14.5. The Morgan fingerprint density at radius 1 is 1.21 bits per heavy atom. The van der Waals surface area contributed by atoms with Crippen LogP contribution < -0.4 is 5.43 Å². The summed E-state index contributed by atoms with van der Waals surface area (Å²) >= 11 is 11.7. The Bertz CT molecular complexity index is 1040. The Labute approximate surface area is 171 Å². The van der Waals surface area contributed by atoms with Gasteiger partial charge in [-0.1, -0.05) is 41.4 Å². The van der Waals surface area contributed by atoms with Crippen LogP contribution >= 0.6 is 23.2 Å². The molecular formula is C17H15Cl2N3O5S. The lowest BCUT2D eigenvalue weighted by Crippen LogP contribution is -2.36. The molecule has 0 aliphatic carbocycles. The van der Waals surface area contributed by atoms with Crippen molar-refractivity contribution in [2.45, 2.75) is 4.90 Å². The Morgan fingerprint density at radius 3 is 2.57 bits per heavy atom. The number of carbonyl (C=O) groups excluding carboxylic acids is 1. The highest BCUT2D eigenvalue weighted by molar-refractivity contribution is 7.89. The number of rotatable bonds is 7. The van der Waals surface area contributed by atoms with E-state index in [4.69, 9.17) is 28.3 Å². The van der Waals surface area contributed by atoms with Gasteiger partial charge in [0.2, 0.25) is 10.0 Å². The first-order valence-electron chi connectivity index (χ1n) is 7.68. The lowest BCUT2D eigenvalue weighted by atomic mass is 10.1. The van der Waals surface area contributed by atoms with Crippen LogP contribution in [0.4, 0.5) is 0 Å². The Morgan fingerprint density at radius 2 is 1.89 bits per heavy atom. The molecule has 11 heteroatoms. The molecule has 0 atom stereocenters. The fourth-order valence-corrected chi connectivity index (χ4v) is 4.00. The summed E-state index contributed by atoms with van der Waals surface area (Å²) in [6, 6.07) is 10.0.